The van der Waals surface area contributed by atoms with Crippen LogP contribution in [-0.4, -0.2) is 23.3 Å². The maximum absolute atomic E-state index is 12.2. The lowest BCUT2D eigenvalue weighted by molar-refractivity contribution is -0.115. The summed E-state index contributed by atoms with van der Waals surface area (Å²) in [5.74, 6) is 0.0894. The van der Waals surface area contributed by atoms with Crippen molar-refractivity contribution in [2.24, 2.45) is 4.99 Å². The average molecular weight is 454 g/mol. The number of phenolic OH excluding ortho intramolecular Hbond substituents is 1. The van der Waals surface area contributed by atoms with E-state index in [0.29, 0.717) is 36.6 Å². The Balaban J connectivity index is 1.91. The van der Waals surface area contributed by atoms with Crippen molar-refractivity contribution in [3.05, 3.63) is 55.9 Å². The van der Waals surface area contributed by atoms with Gasteiger partial charge in [0, 0.05) is 5.02 Å². The maximum atomic E-state index is 12.2. The van der Waals surface area contributed by atoms with E-state index in [0.717, 1.165) is 5.56 Å². The van der Waals surface area contributed by atoms with Crippen molar-refractivity contribution in [3.8, 4) is 11.5 Å². The zero-order chi connectivity index (χ0) is 18.8. The number of amidine groups is 1. The van der Waals surface area contributed by atoms with Gasteiger partial charge in [0.2, 0.25) is 0 Å². The van der Waals surface area contributed by atoms with E-state index in [1.165, 1.54) is 18.9 Å². The number of rotatable bonds is 3. The summed E-state index contributed by atoms with van der Waals surface area (Å²) in [4.78, 5) is 17.2. The fraction of sp³-hybridized carbons (Fsp3) is 0.111. The van der Waals surface area contributed by atoms with E-state index in [4.69, 9.17) is 16.3 Å². The standard InChI is InChI=1S/C18H14BrClN2O3S/c1-9-12(20)4-3-5-13(9)21-18-22-17(24)15(26-18)8-10-6-11(19)16(23)14(7-10)25-2/h3-8,23H,1-2H3,(H,21,22,24)/b15-8+. The molecule has 0 aromatic heterocycles. The number of hydrogen-bond donors (Lipinski definition) is 2. The van der Waals surface area contributed by atoms with Crippen LogP contribution in [0.1, 0.15) is 11.1 Å². The molecule has 2 N–H and O–H groups in total. The number of halogens is 2. The van der Waals surface area contributed by atoms with Crippen molar-refractivity contribution in [1.82, 2.24) is 5.32 Å². The van der Waals surface area contributed by atoms with Gasteiger partial charge in [-0.15, -0.1) is 0 Å². The molecule has 0 bridgehead atoms. The third kappa shape index (κ3) is 3.90. The molecule has 3 rings (SSSR count). The molecule has 1 amide bonds. The van der Waals surface area contributed by atoms with Crippen LogP contribution in [0.15, 0.2) is 44.7 Å². The number of methoxy groups -OCH3 is 1. The van der Waals surface area contributed by atoms with Gasteiger partial charge < -0.3 is 15.2 Å². The number of aliphatic imine (C=N–C) groups is 1. The van der Waals surface area contributed by atoms with Crippen LogP contribution in [0, 0.1) is 6.92 Å². The molecule has 2 aromatic rings. The van der Waals surface area contributed by atoms with Crippen LogP contribution in [0.4, 0.5) is 5.69 Å². The van der Waals surface area contributed by atoms with Crippen LogP contribution in [-0.2, 0) is 4.79 Å². The second kappa shape index (κ2) is 7.73. The highest BCUT2D eigenvalue weighted by molar-refractivity contribution is 9.10. The number of nitrogens with zero attached hydrogens (tertiary/aromatic N) is 1. The molecule has 8 heteroatoms. The molecule has 134 valence electrons. The van der Waals surface area contributed by atoms with Crippen molar-refractivity contribution < 1.29 is 14.6 Å². The summed E-state index contributed by atoms with van der Waals surface area (Å²) in [6, 6.07) is 8.80. The average Bonchev–Trinajstić information content (AvgIpc) is 2.94. The summed E-state index contributed by atoms with van der Waals surface area (Å²) in [6.45, 7) is 1.88. The fourth-order valence-electron chi connectivity index (χ4n) is 2.29. The van der Waals surface area contributed by atoms with Crippen LogP contribution in [0.3, 0.4) is 0 Å². The number of nitrogens with one attached hydrogen (secondary N) is 1. The minimum absolute atomic E-state index is 0.0110. The molecule has 5 nitrogen and oxygen atoms in total. The highest BCUT2D eigenvalue weighted by Gasteiger charge is 2.24. The second-order valence-corrected chi connectivity index (χ2v) is 7.71. The van der Waals surface area contributed by atoms with E-state index in [9.17, 15) is 9.90 Å². The lowest BCUT2D eigenvalue weighted by atomic mass is 10.2. The summed E-state index contributed by atoms with van der Waals surface area (Å²) < 4.78 is 5.61. The summed E-state index contributed by atoms with van der Waals surface area (Å²) >= 11 is 10.6. The first kappa shape index (κ1) is 18.8. The number of carbonyl (C=O) groups excluding carboxylic acids is 1. The number of carbonyl (C=O) groups is 1. The van der Waals surface area contributed by atoms with E-state index >= 15 is 0 Å². The summed E-state index contributed by atoms with van der Waals surface area (Å²) in [5, 5.41) is 13.7. The lowest BCUT2D eigenvalue weighted by Crippen LogP contribution is -2.19. The maximum Gasteiger partial charge on any atom is 0.264 e. The molecule has 2 aromatic carbocycles. The van der Waals surface area contributed by atoms with Crippen LogP contribution >= 0.6 is 39.3 Å². The minimum Gasteiger partial charge on any atom is -0.503 e. The molecule has 1 heterocycles. The van der Waals surface area contributed by atoms with E-state index in [2.05, 4.69) is 26.2 Å². The van der Waals surface area contributed by atoms with Gasteiger partial charge in [-0.2, -0.15) is 0 Å². The van der Waals surface area contributed by atoms with Gasteiger partial charge in [0.05, 0.1) is 22.2 Å². The smallest absolute Gasteiger partial charge is 0.264 e. The van der Waals surface area contributed by atoms with Crippen molar-refractivity contribution >= 4 is 62.1 Å². The number of phenols is 1. The van der Waals surface area contributed by atoms with Gasteiger partial charge in [0.15, 0.2) is 16.7 Å². The van der Waals surface area contributed by atoms with Gasteiger partial charge in [-0.3, -0.25) is 4.79 Å². The predicted molar refractivity (Wildman–Crippen MR) is 109 cm³/mol. The van der Waals surface area contributed by atoms with Gasteiger partial charge in [0.25, 0.3) is 5.91 Å². The van der Waals surface area contributed by atoms with Gasteiger partial charge in [0.1, 0.15) is 0 Å². The highest BCUT2D eigenvalue weighted by Crippen LogP contribution is 2.37. The van der Waals surface area contributed by atoms with Crippen molar-refractivity contribution in [2.75, 3.05) is 7.11 Å². The lowest BCUT2D eigenvalue weighted by Gasteiger charge is -2.06. The first-order valence-electron chi connectivity index (χ1n) is 7.50. The fourth-order valence-corrected chi connectivity index (χ4v) is 3.76. The predicted octanol–water partition coefficient (Wildman–Crippen LogP) is 5.02. The molecule has 0 unspecified atom stereocenters. The number of benzene rings is 2. The zero-order valence-corrected chi connectivity index (χ0v) is 17.0. The summed E-state index contributed by atoms with van der Waals surface area (Å²) in [5.41, 5.74) is 2.26. The largest absolute Gasteiger partial charge is 0.503 e. The van der Waals surface area contributed by atoms with Crippen molar-refractivity contribution in [2.45, 2.75) is 6.92 Å². The minimum atomic E-state index is -0.239. The molecule has 0 saturated carbocycles. The monoisotopic (exact) mass is 452 g/mol. The van der Waals surface area contributed by atoms with E-state index in [1.807, 2.05) is 19.1 Å². The van der Waals surface area contributed by atoms with Gasteiger partial charge in [-0.1, -0.05) is 17.7 Å². The zero-order valence-electron chi connectivity index (χ0n) is 13.8. The van der Waals surface area contributed by atoms with Gasteiger partial charge in [-0.25, -0.2) is 4.99 Å². The van der Waals surface area contributed by atoms with E-state index < -0.39 is 0 Å². The Labute approximate surface area is 168 Å². The van der Waals surface area contributed by atoms with Crippen LogP contribution < -0.4 is 10.1 Å². The number of aromatic hydroxyl groups is 1. The quantitative estimate of drug-likeness (QED) is 0.640. The number of amides is 1. The second-order valence-electron chi connectivity index (χ2n) is 5.42. The Bertz CT molecular complexity index is 960. The Morgan fingerprint density at radius 1 is 1.38 bits per heavy atom. The third-order valence-corrected chi connectivity index (χ3v) is 5.60. The first-order valence-corrected chi connectivity index (χ1v) is 9.49. The Morgan fingerprint density at radius 2 is 2.15 bits per heavy atom. The Kier molecular flexibility index (Phi) is 5.60. The Hall–Kier alpha value is -1.96. The number of thioether (sulfide) groups is 1. The molecule has 1 aliphatic rings. The molecule has 1 fully saturated rings. The van der Waals surface area contributed by atoms with E-state index in [1.54, 1.807) is 24.3 Å². The van der Waals surface area contributed by atoms with Gasteiger partial charge in [-0.05, 0) is 76.1 Å². The molecule has 0 atom stereocenters. The van der Waals surface area contributed by atoms with E-state index in [-0.39, 0.29) is 11.7 Å². The van der Waals surface area contributed by atoms with Crippen molar-refractivity contribution in [3.63, 3.8) is 0 Å². The highest BCUT2D eigenvalue weighted by atomic mass is 79.9. The SMILES string of the molecule is COc1cc(/C=C2/SC(=Nc3cccc(Cl)c3C)NC2=O)cc(Br)c1O. The number of ether oxygens (including phenoxy) is 1. The topological polar surface area (TPSA) is 70.9 Å². The Morgan fingerprint density at radius 3 is 2.88 bits per heavy atom. The molecular formula is C18H14BrClN2O3S. The van der Waals surface area contributed by atoms with Crippen LogP contribution in [0.2, 0.25) is 5.02 Å². The normalized spacial score (nSPS) is 17.0. The number of hydrogen-bond acceptors (Lipinski definition) is 5. The third-order valence-electron chi connectivity index (χ3n) is 3.68. The first-order chi connectivity index (χ1) is 12.4. The molecule has 1 aliphatic heterocycles. The van der Waals surface area contributed by atoms with Crippen LogP contribution in [0.25, 0.3) is 6.08 Å². The summed E-state index contributed by atoms with van der Waals surface area (Å²) in [7, 11) is 1.47. The molecular weight excluding hydrogens is 440 g/mol. The molecule has 0 radical (unpaired) electrons. The summed E-state index contributed by atoms with van der Waals surface area (Å²) in [6.07, 6.45) is 1.71. The molecule has 1 saturated heterocycles. The molecule has 26 heavy (non-hydrogen) atoms. The molecule has 0 aliphatic carbocycles. The van der Waals surface area contributed by atoms with Crippen molar-refractivity contribution in [1.29, 1.82) is 0 Å². The van der Waals surface area contributed by atoms with Gasteiger partial charge >= 0.3 is 0 Å². The molecule has 0 spiro atoms. The van der Waals surface area contributed by atoms with Crippen LogP contribution in [0.5, 0.6) is 11.5 Å².